The zero-order chi connectivity index (χ0) is 26.4. The summed E-state index contributed by atoms with van der Waals surface area (Å²) < 4.78 is 0. The second-order valence-electron chi connectivity index (χ2n) is 9.24. The van der Waals surface area contributed by atoms with Crippen molar-refractivity contribution in [1.29, 1.82) is 0 Å². The molecule has 9 nitrogen and oxygen atoms in total. The van der Waals surface area contributed by atoms with Crippen LogP contribution in [0.15, 0.2) is 41.5 Å². The highest BCUT2D eigenvalue weighted by atomic mass is 16.2. The lowest BCUT2D eigenvalue weighted by molar-refractivity contribution is 0.204. The molecule has 4 rings (SSSR count). The molecular formula is C28H34N8O. The van der Waals surface area contributed by atoms with Gasteiger partial charge in [-0.1, -0.05) is 43.9 Å². The Hall–Kier alpha value is -4.19. The number of primary amides is 1. The number of amides is 2. The molecule has 1 unspecified atom stereocenters. The van der Waals surface area contributed by atoms with Gasteiger partial charge in [0.2, 0.25) is 5.95 Å². The molecule has 0 spiro atoms. The highest BCUT2D eigenvalue weighted by Crippen LogP contribution is 2.26. The van der Waals surface area contributed by atoms with Gasteiger partial charge in [0, 0.05) is 56.9 Å². The Balaban J connectivity index is 1.73. The number of nitrogens with two attached hydrogens (primary N) is 1. The van der Waals surface area contributed by atoms with Crippen LogP contribution in [0.2, 0.25) is 0 Å². The zero-order valence-corrected chi connectivity index (χ0v) is 21.9. The number of carbonyl (C=O) groups is 1. The summed E-state index contributed by atoms with van der Waals surface area (Å²) in [6.07, 6.45) is 4.57. The number of carbonyl (C=O) groups excluding carboxylic acids is 1. The van der Waals surface area contributed by atoms with Crippen molar-refractivity contribution in [2.75, 3.05) is 43.4 Å². The van der Waals surface area contributed by atoms with Crippen molar-refractivity contribution in [3.05, 3.63) is 53.3 Å². The first-order valence-corrected chi connectivity index (χ1v) is 12.7. The molecule has 3 aromatic rings. The average Bonchev–Trinajstić information content (AvgIpc) is 2.92. The van der Waals surface area contributed by atoms with Gasteiger partial charge in [-0.15, -0.1) is 0 Å². The zero-order valence-electron chi connectivity index (χ0n) is 21.9. The third-order valence-electron chi connectivity index (χ3n) is 6.57. The molecule has 2 amide bonds. The van der Waals surface area contributed by atoms with Gasteiger partial charge >= 0.3 is 6.03 Å². The van der Waals surface area contributed by atoms with Gasteiger partial charge in [0.15, 0.2) is 0 Å². The van der Waals surface area contributed by atoms with E-state index >= 15 is 0 Å². The summed E-state index contributed by atoms with van der Waals surface area (Å²) in [5, 5.41) is 4.66. The minimum Gasteiger partial charge on any atom is -0.362 e. The Morgan fingerprint density at radius 3 is 2.68 bits per heavy atom. The van der Waals surface area contributed by atoms with Crippen LogP contribution < -0.4 is 16.0 Å². The maximum absolute atomic E-state index is 11.6. The Morgan fingerprint density at radius 2 is 1.97 bits per heavy atom. The Morgan fingerprint density at radius 1 is 1.22 bits per heavy atom. The molecule has 0 saturated carbocycles. The number of nitrogens with zero attached hydrogens (tertiary/aromatic N) is 6. The summed E-state index contributed by atoms with van der Waals surface area (Å²) >= 11 is 0. The van der Waals surface area contributed by atoms with Crippen LogP contribution in [-0.2, 0) is 0 Å². The van der Waals surface area contributed by atoms with Gasteiger partial charge in [0.05, 0.1) is 17.1 Å². The first kappa shape index (κ1) is 25.9. The normalized spacial score (nSPS) is 15.4. The van der Waals surface area contributed by atoms with E-state index in [0.717, 1.165) is 22.9 Å². The average molecular weight is 499 g/mol. The molecule has 9 heteroatoms. The predicted octanol–water partition coefficient (Wildman–Crippen LogP) is 3.84. The number of aromatic nitrogens is 3. The molecule has 192 valence electrons. The second kappa shape index (κ2) is 11.7. The van der Waals surface area contributed by atoms with Gasteiger partial charge in [-0.3, -0.25) is 9.98 Å². The number of hydrogen-bond donors (Lipinski definition) is 2. The van der Waals surface area contributed by atoms with E-state index in [1.54, 1.807) is 18.2 Å². The highest BCUT2D eigenvalue weighted by Gasteiger charge is 2.24. The van der Waals surface area contributed by atoms with E-state index < -0.39 is 6.03 Å². The molecule has 1 aromatic carbocycles. The summed E-state index contributed by atoms with van der Waals surface area (Å²) in [6, 6.07) is 9.72. The third kappa shape index (κ3) is 6.15. The minimum atomic E-state index is -0.407. The smallest absolute Gasteiger partial charge is 0.314 e. The van der Waals surface area contributed by atoms with Gasteiger partial charge in [-0.05, 0) is 31.0 Å². The van der Waals surface area contributed by atoms with Crippen LogP contribution in [-0.4, -0.2) is 65.3 Å². The van der Waals surface area contributed by atoms with Crippen molar-refractivity contribution >= 4 is 34.9 Å². The van der Waals surface area contributed by atoms with Crippen LogP contribution in [0.3, 0.4) is 0 Å². The van der Waals surface area contributed by atoms with Crippen LogP contribution in [0.1, 0.15) is 50.1 Å². The van der Waals surface area contributed by atoms with E-state index in [4.69, 9.17) is 15.7 Å². The summed E-state index contributed by atoms with van der Waals surface area (Å²) in [6.45, 7) is 8.53. The quantitative estimate of drug-likeness (QED) is 0.394. The summed E-state index contributed by atoms with van der Waals surface area (Å²) in [5.74, 6) is 8.10. The summed E-state index contributed by atoms with van der Waals surface area (Å²) in [5.41, 5.74) is 8.84. The van der Waals surface area contributed by atoms with Gasteiger partial charge in [0.25, 0.3) is 0 Å². The number of aliphatic imine (C=N–C) groups is 1. The fraction of sp³-hybridized carbons (Fsp3) is 0.393. The SMILES string of the molecule is CCC(C)C#Cc1c(C=NC)nc(N2CCN(C(N)=O)CC2)nc1N[C@H](C)c1cnc2ccccc2c1. The van der Waals surface area contributed by atoms with Crippen LogP contribution in [0.25, 0.3) is 10.9 Å². The Kier molecular flexibility index (Phi) is 8.18. The van der Waals surface area contributed by atoms with Crippen molar-refractivity contribution in [1.82, 2.24) is 19.9 Å². The number of para-hydroxylation sites is 1. The topological polar surface area (TPSA) is 113 Å². The number of rotatable bonds is 6. The highest BCUT2D eigenvalue weighted by molar-refractivity contribution is 5.85. The Bertz CT molecular complexity index is 1350. The molecule has 0 bridgehead atoms. The lowest BCUT2D eigenvalue weighted by atomic mass is 10.1. The molecule has 1 aliphatic rings. The summed E-state index contributed by atoms with van der Waals surface area (Å²) in [7, 11) is 1.72. The molecule has 0 aliphatic carbocycles. The van der Waals surface area contributed by atoms with Crippen LogP contribution in [0.4, 0.5) is 16.6 Å². The van der Waals surface area contributed by atoms with Crippen LogP contribution in [0, 0.1) is 17.8 Å². The number of hydrogen-bond acceptors (Lipinski definition) is 7. The van der Waals surface area contributed by atoms with Gasteiger partial charge < -0.3 is 20.9 Å². The number of fused-ring (bicyclic) bond motifs is 1. The fourth-order valence-corrected chi connectivity index (χ4v) is 4.09. The number of pyridine rings is 1. The van der Waals surface area contributed by atoms with Crippen LogP contribution in [0.5, 0.6) is 0 Å². The van der Waals surface area contributed by atoms with Crippen molar-refractivity contribution in [3.8, 4) is 11.8 Å². The lowest BCUT2D eigenvalue weighted by Crippen LogP contribution is -2.51. The van der Waals surface area contributed by atoms with Crippen LogP contribution >= 0.6 is 0 Å². The van der Waals surface area contributed by atoms with Gasteiger partial charge in [-0.2, -0.15) is 4.98 Å². The molecule has 1 saturated heterocycles. The van der Waals surface area contributed by atoms with E-state index in [0.29, 0.717) is 49.2 Å². The van der Waals surface area contributed by atoms with Gasteiger partial charge in [-0.25, -0.2) is 9.78 Å². The van der Waals surface area contributed by atoms with E-state index in [9.17, 15) is 4.79 Å². The van der Waals surface area contributed by atoms with Crippen molar-refractivity contribution in [2.24, 2.45) is 16.6 Å². The molecule has 2 atom stereocenters. The minimum absolute atomic E-state index is 0.0814. The molecule has 3 N–H and O–H groups in total. The van der Waals surface area contributed by atoms with E-state index in [1.165, 1.54) is 0 Å². The molecule has 37 heavy (non-hydrogen) atoms. The maximum atomic E-state index is 11.6. The number of nitrogens with one attached hydrogen (secondary N) is 1. The van der Waals surface area contributed by atoms with Crippen molar-refractivity contribution in [3.63, 3.8) is 0 Å². The molecule has 3 heterocycles. The summed E-state index contributed by atoms with van der Waals surface area (Å²) in [4.78, 5) is 33.9. The van der Waals surface area contributed by atoms with E-state index in [2.05, 4.69) is 64.9 Å². The largest absolute Gasteiger partial charge is 0.362 e. The Labute approximate surface area is 218 Å². The molecule has 1 fully saturated rings. The number of piperazine rings is 1. The maximum Gasteiger partial charge on any atom is 0.314 e. The molecular weight excluding hydrogens is 464 g/mol. The van der Waals surface area contributed by atoms with Crippen molar-refractivity contribution in [2.45, 2.75) is 33.2 Å². The molecule has 0 radical (unpaired) electrons. The number of urea groups is 1. The van der Waals surface area contributed by atoms with Gasteiger partial charge in [0.1, 0.15) is 11.5 Å². The molecule has 2 aromatic heterocycles. The fourth-order valence-electron chi connectivity index (χ4n) is 4.09. The third-order valence-corrected chi connectivity index (χ3v) is 6.57. The lowest BCUT2D eigenvalue weighted by Gasteiger charge is -2.34. The standard InChI is InChI=1S/C28H34N8O/c1-5-19(2)10-11-23-25(18-30-4)33-28(36-14-12-35(13-15-36)27(29)37)34-26(23)32-20(3)22-16-21-8-6-7-9-24(21)31-17-22/h6-9,16-20H,5,12-15H2,1-4H3,(H2,29,37)(H,32,33,34)/t19?,20-/m1/s1. The van der Waals surface area contributed by atoms with E-state index in [1.807, 2.05) is 24.4 Å². The van der Waals surface area contributed by atoms with Crippen molar-refractivity contribution < 1.29 is 4.79 Å². The first-order valence-electron chi connectivity index (χ1n) is 12.7. The van der Waals surface area contributed by atoms with E-state index in [-0.39, 0.29) is 12.0 Å². The predicted molar refractivity (Wildman–Crippen MR) is 149 cm³/mol. The monoisotopic (exact) mass is 498 g/mol. The number of anilines is 2. The molecule has 1 aliphatic heterocycles. The second-order valence-corrected chi connectivity index (χ2v) is 9.24. The first-order chi connectivity index (χ1) is 17.9. The number of benzene rings is 1.